The molecule has 0 aromatic rings. The highest BCUT2D eigenvalue weighted by atomic mass is 16.3. The van der Waals surface area contributed by atoms with Gasteiger partial charge in [-0.15, -0.1) is 0 Å². The third-order valence-electron chi connectivity index (χ3n) is 3.00. The number of likely N-dealkylation sites (N-methyl/N-ethyl adjacent to an activating group) is 1. The molecule has 1 aliphatic rings. The zero-order valence-electron chi connectivity index (χ0n) is 9.03. The van der Waals surface area contributed by atoms with Crippen LogP contribution in [0.3, 0.4) is 0 Å². The van der Waals surface area contributed by atoms with Gasteiger partial charge < -0.3 is 10.0 Å². The lowest BCUT2D eigenvalue weighted by molar-refractivity contribution is 0.0610. The summed E-state index contributed by atoms with van der Waals surface area (Å²) in [6.07, 6.45) is 0.903. The predicted octanol–water partition coefficient (Wildman–Crippen LogP) is 0.393. The zero-order chi connectivity index (χ0) is 9.84. The van der Waals surface area contributed by atoms with Crippen molar-refractivity contribution in [2.75, 3.05) is 33.3 Å². The van der Waals surface area contributed by atoms with Crippen LogP contribution in [-0.2, 0) is 0 Å². The fourth-order valence-electron chi connectivity index (χ4n) is 1.90. The first-order valence-electron chi connectivity index (χ1n) is 5.20. The normalized spacial score (nSPS) is 27.0. The molecule has 0 spiro atoms. The highest BCUT2D eigenvalue weighted by Gasteiger charge is 2.24. The molecule has 1 fully saturated rings. The van der Waals surface area contributed by atoms with E-state index in [1.165, 1.54) is 0 Å². The van der Waals surface area contributed by atoms with Crippen LogP contribution in [0.5, 0.6) is 0 Å². The van der Waals surface area contributed by atoms with Crippen molar-refractivity contribution >= 4 is 0 Å². The van der Waals surface area contributed by atoms with Crippen LogP contribution in [0, 0.1) is 0 Å². The van der Waals surface area contributed by atoms with E-state index >= 15 is 0 Å². The lowest BCUT2D eigenvalue weighted by atomic mass is 10.1. The molecule has 0 aromatic carbocycles. The van der Waals surface area contributed by atoms with Crippen molar-refractivity contribution in [3.05, 3.63) is 0 Å². The Morgan fingerprint density at radius 3 is 2.62 bits per heavy atom. The van der Waals surface area contributed by atoms with Crippen molar-refractivity contribution < 1.29 is 5.11 Å². The number of aliphatic hydroxyl groups is 1. The van der Waals surface area contributed by atoms with Crippen LogP contribution in [0.1, 0.15) is 20.3 Å². The smallest absolute Gasteiger partial charge is 0.0446 e. The summed E-state index contributed by atoms with van der Waals surface area (Å²) in [6.45, 7) is 8.18. The highest BCUT2D eigenvalue weighted by Crippen LogP contribution is 2.12. The van der Waals surface area contributed by atoms with Crippen LogP contribution in [0.25, 0.3) is 0 Å². The SMILES string of the molecule is CC(C)N1CCN(C)[C@@H](CCO)C1. The van der Waals surface area contributed by atoms with Gasteiger partial charge in [-0.25, -0.2) is 0 Å². The summed E-state index contributed by atoms with van der Waals surface area (Å²) in [6, 6.07) is 1.18. The van der Waals surface area contributed by atoms with Crippen molar-refractivity contribution in [1.29, 1.82) is 0 Å². The second-order valence-corrected chi connectivity index (χ2v) is 4.24. The van der Waals surface area contributed by atoms with Gasteiger partial charge in [0.05, 0.1) is 0 Å². The van der Waals surface area contributed by atoms with Crippen LogP contribution < -0.4 is 0 Å². The molecule has 0 aliphatic carbocycles. The van der Waals surface area contributed by atoms with Crippen molar-refractivity contribution in [3.63, 3.8) is 0 Å². The lowest BCUT2D eigenvalue weighted by Crippen LogP contribution is -2.53. The van der Waals surface area contributed by atoms with Gasteiger partial charge in [0, 0.05) is 38.3 Å². The van der Waals surface area contributed by atoms with Gasteiger partial charge in [-0.05, 0) is 27.3 Å². The Hall–Kier alpha value is -0.120. The zero-order valence-corrected chi connectivity index (χ0v) is 9.03. The van der Waals surface area contributed by atoms with Crippen molar-refractivity contribution in [3.8, 4) is 0 Å². The van der Waals surface area contributed by atoms with Gasteiger partial charge in [-0.3, -0.25) is 4.90 Å². The Kier molecular flexibility index (Phi) is 4.16. The van der Waals surface area contributed by atoms with Crippen LogP contribution >= 0.6 is 0 Å². The first kappa shape index (κ1) is 11.0. The third-order valence-corrected chi connectivity index (χ3v) is 3.00. The molecule has 0 unspecified atom stereocenters. The molecule has 13 heavy (non-hydrogen) atoms. The van der Waals surface area contributed by atoms with E-state index in [9.17, 15) is 0 Å². The summed E-state index contributed by atoms with van der Waals surface area (Å²) < 4.78 is 0. The number of nitrogens with zero attached hydrogens (tertiary/aromatic N) is 2. The molecule has 0 bridgehead atoms. The quantitative estimate of drug-likeness (QED) is 0.691. The van der Waals surface area contributed by atoms with Crippen LogP contribution in [0.2, 0.25) is 0 Å². The fraction of sp³-hybridized carbons (Fsp3) is 1.00. The molecule has 0 saturated carbocycles. The molecule has 1 rings (SSSR count). The van der Waals surface area contributed by atoms with E-state index in [0.717, 1.165) is 26.1 Å². The number of piperazine rings is 1. The molecular weight excluding hydrogens is 164 g/mol. The molecule has 0 radical (unpaired) electrons. The molecule has 0 amide bonds. The first-order valence-corrected chi connectivity index (χ1v) is 5.20. The number of hydrogen-bond acceptors (Lipinski definition) is 3. The second kappa shape index (κ2) is 4.94. The molecule has 0 aromatic heterocycles. The Morgan fingerprint density at radius 2 is 2.08 bits per heavy atom. The maximum atomic E-state index is 8.92. The topological polar surface area (TPSA) is 26.7 Å². The van der Waals surface area contributed by atoms with Crippen molar-refractivity contribution in [2.24, 2.45) is 0 Å². The number of hydrogen-bond donors (Lipinski definition) is 1. The molecule has 3 nitrogen and oxygen atoms in total. The summed E-state index contributed by atoms with van der Waals surface area (Å²) in [5.41, 5.74) is 0. The summed E-state index contributed by atoms with van der Waals surface area (Å²) in [5.74, 6) is 0. The van der Waals surface area contributed by atoms with Gasteiger partial charge in [0.1, 0.15) is 0 Å². The van der Waals surface area contributed by atoms with Crippen molar-refractivity contribution in [2.45, 2.75) is 32.4 Å². The fourth-order valence-corrected chi connectivity index (χ4v) is 1.90. The minimum absolute atomic E-state index is 0.306. The van der Waals surface area contributed by atoms with Gasteiger partial charge in [0.2, 0.25) is 0 Å². The average molecular weight is 186 g/mol. The van der Waals surface area contributed by atoms with E-state index in [2.05, 4.69) is 30.7 Å². The van der Waals surface area contributed by atoms with E-state index < -0.39 is 0 Å². The van der Waals surface area contributed by atoms with Gasteiger partial charge in [-0.1, -0.05) is 0 Å². The van der Waals surface area contributed by atoms with Gasteiger partial charge in [0.25, 0.3) is 0 Å². The summed E-state index contributed by atoms with van der Waals surface area (Å²) in [5, 5.41) is 8.92. The second-order valence-electron chi connectivity index (χ2n) is 4.24. The summed E-state index contributed by atoms with van der Waals surface area (Å²) >= 11 is 0. The number of aliphatic hydroxyl groups excluding tert-OH is 1. The molecule has 1 heterocycles. The maximum Gasteiger partial charge on any atom is 0.0446 e. The average Bonchev–Trinajstić information content (AvgIpc) is 2.08. The van der Waals surface area contributed by atoms with Crippen molar-refractivity contribution in [1.82, 2.24) is 9.80 Å². The summed E-state index contributed by atoms with van der Waals surface area (Å²) in [7, 11) is 2.15. The largest absolute Gasteiger partial charge is 0.396 e. The Morgan fingerprint density at radius 1 is 1.38 bits per heavy atom. The Labute approximate surface area is 81.3 Å². The third kappa shape index (κ3) is 2.93. The standard InChI is InChI=1S/C10H22N2O/c1-9(2)12-6-5-11(3)10(8-12)4-7-13/h9-10,13H,4-8H2,1-3H3/t10-/m0/s1. The molecule has 78 valence electrons. The Balaban J connectivity index is 2.42. The minimum Gasteiger partial charge on any atom is -0.396 e. The number of rotatable bonds is 3. The lowest BCUT2D eigenvalue weighted by Gasteiger charge is -2.41. The van der Waals surface area contributed by atoms with E-state index in [0.29, 0.717) is 18.7 Å². The van der Waals surface area contributed by atoms with E-state index in [1.807, 2.05) is 0 Å². The van der Waals surface area contributed by atoms with Gasteiger partial charge >= 0.3 is 0 Å². The van der Waals surface area contributed by atoms with E-state index in [4.69, 9.17) is 5.11 Å². The maximum absolute atomic E-state index is 8.92. The molecule has 1 atom stereocenters. The monoisotopic (exact) mass is 186 g/mol. The highest BCUT2D eigenvalue weighted by molar-refractivity contribution is 4.81. The molecule has 1 N–H and O–H groups in total. The molecule has 1 aliphatic heterocycles. The van der Waals surface area contributed by atoms with Gasteiger partial charge in [-0.2, -0.15) is 0 Å². The summed E-state index contributed by atoms with van der Waals surface area (Å²) in [4.78, 5) is 4.84. The first-order chi connectivity index (χ1) is 6.15. The van der Waals surface area contributed by atoms with Crippen LogP contribution in [0.4, 0.5) is 0 Å². The minimum atomic E-state index is 0.306. The molecular formula is C10H22N2O. The van der Waals surface area contributed by atoms with Crippen LogP contribution in [0.15, 0.2) is 0 Å². The van der Waals surface area contributed by atoms with Gasteiger partial charge in [0.15, 0.2) is 0 Å². The molecule has 1 saturated heterocycles. The molecule has 3 heteroatoms. The van der Waals surface area contributed by atoms with E-state index in [-0.39, 0.29) is 0 Å². The predicted molar refractivity (Wildman–Crippen MR) is 54.8 cm³/mol. The Bertz CT molecular complexity index is 150. The van der Waals surface area contributed by atoms with E-state index in [1.54, 1.807) is 0 Å². The van der Waals surface area contributed by atoms with Crippen LogP contribution in [-0.4, -0.2) is 60.3 Å².